The first-order valence-electron chi connectivity index (χ1n) is 10.1. The van der Waals surface area contributed by atoms with Gasteiger partial charge in [0.25, 0.3) is 15.9 Å². The van der Waals surface area contributed by atoms with Gasteiger partial charge in [0, 0.05) is 38.8 Å². The second-order valence-electron chi connectivity index (χ2n) is 7.48. The van der Waals surface area contributed by atoms with E-state index in [1.165, 1.54) is 23.5 Å². The van der Waals surface area contributed by atoms with Gasteiger partial charge >= 0.3 is 0 Å². The Bertz CT molecular complexity index is 1110. The van der Waals surface area contributed by atoms with Crippen LogP contribution in [0.1, 0.15) is 16.1 Å². The molecule has 3 aromatic rings. The summed E-state index contributed by atoms with van der Waals surface area (Å²) in [6.45, 7) is 3.50. The van der Waals surface area contributed by atoms with E-state index in [4.69, 9.17) is 4.42 Å². The number of piperazine rings is 1. The number of amides is 1. The Kier molecular flexibility index (Phi) is 6.11. The molecule has 0 bridgehead atoms. The molecule has 0 N–H and O–H groups in total. The lowest BCUT2D eigenvalue weighted by Crippen LogP contribution is -2.48. The van der Waals surface area contributed by atoms with Crippen LogP contribution in [0.3, 0.4) is 0 Å². The van der Waals surface area contributed by atoms with Gasteiger partial charge in [-0.25, -0.2) is 8.42 Å². The van der Waals surface area contributed by atoms with Gasteiger partial charge in [-0.2, -0.15) is 0 Å². The summed E-state index contributed by atoms with van der Waals surface area (Å²) in [4.78, 5) is 17.1. The number of hydrogen-bond donors (Lipinski definition) is 0. The molecule has 4 rings (SSSR count). The van der Waals surface area contributed by atoms with Crippen molar-refractivity contribution in [2.24, 2.45) is 0 Å². The second kappa shape index (κ2) is 8.95. The molecule has 0 atom stereocenters. The normalized spacial score (nSPS) is 15.1. The smallest absolute Gasteiger partial charge is 0.264 e. The van der Waals surface area contributed by atoms with Gasteiger partial charge in [0.15, 0.2) is 0 Å². The van der Waals surface area contributed by atoms with Crippen molar-refractivity contribution >= 4 is 21.6 Å². The minimum Gasteiger partial charge on any atom is -0.468 e. The van der Waals surface area contributed by atoms with Crippen LogP contribution in [-0.4, -0.2) is 57.4 Å². The van der Waals surface area contributed by atoms with E-state index < -0.39 is 10.0 Å². The monoisotopic (exact) mass is 439 g/mol. The Labute approximate surface area is 182 Å². The third-order valence-corrected chi connectivity index (χ3v) is 7.30. The molecule has 31 heavy (non-hydrogen) atoms. The fourth-order valence-electron chi connectivity index (χ4n) is 3.62. The predicted octanol–water partition coefficient (Wildman–Crippen LogP) is 3.06. The third-order valence-electron chi connectivity index (χ3n) is 5.50. The Balaban J connectivity index is 1.39. The Hall–Kier alpha value is -3.10. The van der Waals surface area contributed by atoms with Crippen LogP contribution in [-0.2, 0) is 16.6 Å². The number of carbonyl (C=O) groups excluding carboxylic acids is 1. The maximum atomic E-state index is 12.9. The summed E-state index contributed by atoms with van der Waals surface area (Å²) in [6, 6.07) is 18.9. The van der Waals surface area contributed by atoms with E-state index in [1.807, 2.05) is 18.2 Å². The summed E-state index contributed by atoms with van der Waals surface area (Å²) in [5.74, 6) is 0.829. The highest BCUT2D eigenvalue weighted by Crippen LogP contribution is 2.22. The zero-order valence-electron chi connectivity index (χ0n) is 17.3. The molecule has 0 unspecified atom stereocenters. The summed E-state index contributed by atoms with van der Waals surface area (Å²) >= 11 is 0. The first-order valence-corrected chi connectivity index (χ1v) is 11.6. The zero-order valence-corrected chi connectivity index (χ0v) is 18.2. The molecule has 1 aliphatic rings. The number of hydrogen-bond acceptors (Lipinski definition) is 5. The molecule has 0 saturated carbocycles. The van der Waals surface area contributed by atoms with E-state index in [0.29, 0.717) is 24.3 Å². The maximum absolute atomic E-state index is 12.9. The van der Waals surface area contributed by atoms with Crippen molar-refractivity contribution in [3.05, 3.63) is 84.3 Å². The van der Waals surface area contributed by atoms with E-state index in [0.717, 1.165) is 25.4 Å². The highest BCUT2D eigenvalue weighted by Gasteiger charge is 2.24. The number of anilines is 1. The number of rotatable bonds is 6. The van der Waals surface area contributed by atoms with Crippen LogP contribution in [0.4, 0.5) is 5.69 Å². The van der Waals surface area contributed by atoms with Gasteiger partial charge in [0.05, 0.1) is 23.4 Å². The van der Waals surface area contributed by atoms with Crippen molar-refractivity contribution in [2.45, 2.75) is 11.4 Å². The number of sulfonamides is 1. The Morgan fingerprint density at radius 2 is 1.61 bits per heavy atom. The molecule has 1 saturated heterocycles. The maximum Gasteiger partial charge on any atom is 0.264 e. The topological polar surface area (TPSA) is 74.1 Å². The second-order valence-corrected chi connectivity index (χ2v) is 9.45. The van der Waals surface area contributed by atoms with Crippen LogP contribution in [0, 0.1) is 0 Å². The SMILES string of the molecule is CN(c1ccccc1)S(=O)(=O)c1ccc(C(=O)N2CCN(Cc3ccco3)CC2)cc1. The van der Waals surface area contributed by atoms with Crippen molar-refractivity contribution < 1.29 is 17.6 Å². The number of benzene rings is 2. The van der Waals surface area contributed by atoms with Crippen LogP contribution in [0.25, 0.3) is 0 Å². The summed E-state index contributed by atoms with van der Waals surface area (Å²) in [7, 11) is -2.18. The molecule has 162 valence electrons. The van der Waals surface area contributed by atoms with E-state index >= 15 is 0 Å². The Morgan fingerprint density at radius 1 is 0.935 bits per heavy atom. The molecule has 2 aromatic carbocycles. The molecular weight excluding hydrogens is 414 g/mol. The van der Waals surface area contributed by atoms with Gasteiger partial charge in [0.2, 0.25) is 0 Å². The molecule has 0 spiro atoms. The first-order chi connectivity index (χ1) is 14.9. The first kappa shape index (κ1) is 21.1. The average Bonchev–Trinajstić information content (AvgIpc) is 3.32. The number of nitrogens with zero attached hydrogens (tertiary/aromatic N) is 3. The van der Waals surface area contributed by atoms with Crippen molar-refractivity contribution in [1.82, 2.24) is 9.80 Å². The third kappa shape index (κ3) is 4.65. The van der Waals surface area contributed by atoms with E-state index in [2.05, 4.69) is 4.90 Å². The summed E-state index contributed by atoms with van der Waals surface area (Å²) in [5, 5.41) is 0. The van der Waals surface area contributed by atoms with E-state index in [-0.39, 0.29) is 10.8 Å². The van der Waals surface area contributed by atoms with Crippen molar-refractivity contribution in [2.75, 3.05) is 37.5 Å². The molecule has 2 heterocycles. The van der Waals surface area contributed by atoms with Crippen molar-refractivity contribution in [3.8, 4) is 0 Å². The summed E-state index contributed by atoms with van der Waals surface area (Å²) < 4.78 is 32.4. The van der Waals surface area contributed by atoms with Crippen LogP contribution >= 0.6 is 0 Å². The van der Waals surface area contributed by atoms with Gasteiger partial charge < -0.3 is 9.32 Å². The summed E-state index contributed by atoms with van der Waals surface area (Å²) in [5.41, 5.74) is 1.07. The molecule has 1 aromatic heterocycles. The fraction of sp³-hybridized carbons (Fsp3) is 0.261. The van der Waals surface area contributed by atoms with Gasteiger partial charge in [0.1, 0.15) is 5.76 Å². The average molecular weight is 440 g/mol. The molecule has 0 radical (unpaired) electrons. The fourth-order valence-corrected chi connectivity index (χ4v) is 4.81. The van der Waals surface area contributed by atoms with Crippen LogP contribution in [0.2, 0.25) is 0 Å². The minimum atomic E-state index is -3.70. The molecule has 7 nitrogen and oxygen atoms in total. The number of furan rings is 1. The predicted molar refractivity (Wildman–Crippen MR) is 118 cm³/mol. The molecular formula is C23H25N3O4S. The van der Waals surface area contributed by atoms with Gasteiger partial charge in [-0.05, 0) is 48.5 Å². The molecule has 8 heteroatoms. The summed E-state index contributed by atoms with van der Waals surface area (Å²) in [6.07, 6.45) is 1.66. The standard InChI is InChI=1S/C23H25N3O4S/c1-24(20-6-3-2-4-7-20)31(28,29)22-11-9-19(10-12-22)23(27)26-15-13-25(14-16-26)18-21-8-5-17-30-21/h2-12,17H,13-16,18H2,1H3. The highest BCUT2D eigenvalue weighted by atomic mass is 32.2. The van der Waals surface area contributed by atoms with Gasteiger partial charge in [-0.15, -0.1) is 0 Å². The lowest BCUT2D eigenvalue weighted by Gasteiger charge is -2.34. The van der Waals surface area contributed by atoms with Crippen molar-refractivity contribution in [3.63, 3.8) is 0 Å². The molecule has 1 fully saturated rings. The van der Waals surface area contributed by atoms with Crippen LogP contribution in [0.15, 0.2) is 82.3 Å². The number of para-hydroxylation sites is 1. The lowest BCUT2D eigenvalue weighted by atomic mass is 10.2. The molecule has 1 aliphatic heterocycles. The highest BCUT2D eigenvalue weighted by molar-refractivity contribution is 7.92. The zero-order chi connectivity index (χ0) is 21.8. The molecule has 0 aliphatic carbocycles. The Morgan fingerprint density at radius 3 is 2.23 bits per heavy atom. The van der Waals surface area contributed by atoms with Crippen molar-refractivity contribution in [1.29, 1.82) is 0 Å². The van der Waals surface area contributed by atoms with E-state index in [1.54, 1.807) is 47.6 Å². The van der Waals surface area contributed by atoms with E-state index in [9.17, 15) is 13.2 Å². The largest absolute Gasteiger partial charge is 0.468 e. The van der Waals surface area contributed by atoms with Crippen LogP contribution in [0.5, 0.6) is 0 Å². The van der Waals surface area contributed by atoms with Gasteiger partial charge in [-0.1, -0.05) is 18.2 Å². The van der Waals surface area contributed by atoms with Crippen LogP contribution < -0.4 is 4.31 Å². The minimum absolute atomic E-state index is 0.0852. The number of carbonyl (C=O) groups is 1. The lowest BCUT2D eigenvalue weighted by molar-refractivity contribution is 0.0620. The van der Waals surface area contributed by atoms with Gasteiger partial charge in [-0.3, -0.25) is 14.0 Å². The quantitative estimate of drug-likeness (QED) is 0.590. The molecule has 1 amide bonds.